The lowest BCUT2D eigenvalue weighted by Crippen LogP contribution is -2.45. The number of ether oxygens (including phenoxy) is 1. The van der Waals surface area contributed by atoms with Crippen LogP contribution in [0.25, 0.3) is 0 Å². The van der Waals surface area contributed by atoms with Crippen molar-refractivity contribution in [1.29, 1.82) is 0 Å². The van der Waals surface area contributed by atoms with E-state index in [2.05, 4.69) is 10.1 Å². The predicted octanol–water partition coefficient (Wildman–Crippen LogP) is 1.24. The van der Waals surface area contributed by atoms with Crippen LogP contribution in [0, 0.1) is 11.7 Å². The second-order valence-corrected chi connectivity index (χ2v) is 5.72. The summed E-state index contributed by atoms with van der Waals surface area (Å²) in [5.41, 5.74) is 0.428. The number of methoxy groups -OCH3 is 1. The number of nitrogens with zero attached hydrogens (tertiary/aromatic N) is 1. The van der Waals surface area contributed by atoms with Crippen molar-refractivity contribution in [2.24, 2.45) is 5.92 Å². The van der Waals surface area contributed by atoms with E-state index >= 15 is 0 Å². The zero-order valence-corrected chi connectivity index (χ0v) is 13.6. The Bertz CT molecular complexity index is 620. The molecule has 2 rings (SSSR count). The Morgan fingerprint density at radius 3 is 2.83 bits per heavy atom. The number of hydrogen-bond donors (Lipinski definition) is 1. The van der Waals surface area contributed by atoms with E-state index in [0.29, 0.717) is 12.0 Å². The highest BCUT2D eigenvalue weighted by atomic mass is 19.1. The number of halogens is 1. The molecule has 1 aliphatic rings. The lowest BCUT2D eigenvalue weighted by Gasteiger charge is -2.32. The summed E-state index contributed by atoms with van der Waals surface area (Å²) in [7, 11) is 1.29. The molecule has 1 saturated heterocycles. The summed E-state index contributed by atoms with van der Waals surface area (Å²) >= 11 is 0. The van der Waals surface area contributed by atoms with Crippen molar-refractivity contribution < 1.29 is 23.5 Å². The van der Waals surface area contributed by atoms with Gasteiger partial charge in [0.2, 0.25) is 11.8 Å². The van der Waals surface area contributed by atoms with Crippen molar-refractivity contribution in [3.8, 4) is 0 Å². The summed E-state index contributed by atoms with van der Waals surface area (Å²) in [5.74, 6) is -1.40. The number of carbonyl (C=O) groups excluding carboxylic acids is 3. The molecule has 6 nitrogen and oxygen atoms in total. The first kappa shape index (κ1) is 17.9. The molecular formula is C17H21FN2O4. The fraction of sp³-hybridized carbons (Fsp3) is 0.471. The molecule has 0 saturated carbocycles. The molecular weight excluding hydrogens is 315 g/mol. The smallest absolute Gasteiger partial charge is 0.307 e. The molecule has 0 spiro atoms. The van der Waals surface area contributed by atoms with Gasteiger partial charge in [-0.15, -0.1) is 0 Å². The number of amides is 2. The van der Waals surface area contributed by atoms with Gasteiger partial charge in [-0.05, 0) is 12.5 Å². The molecule has 0 aromatic heterocycles. The van der Waals surface area contributed by atoms with Crippen LogP contribution in [-0.4, -0.2) is 42.9 Å². The van der Waals surface area contributed by atoms with Gasteiger partial charge >= 0.3 is 5.97 Å². The maximum Gasteiger partial charge on any atom is 0.307 e. The first-order chi connectivity index (χ1) is 11.5. The largest absolute Gasteiger partial charge is 0.469 e. The third-order valence-electron chi connectivity index (χ3n) is 4.05. The van der Waals surface area contributed by atoms with E-state index in [9.17, 15) is 18.8 Å². The average molecular weight is 336 g/mol. The monoisotopic (exact) mass is 336 g/mol. The first-order valence-electron chi connectivity index (χ1n) is 7.87. The molecule has 7 heteroatoms. The van der Waals surface area contributed by atoms with Crippen molar-refractivity contribution in [1.82, 2.24) is 10.2 Å². The van der Waals surface area contributed by atoms with Gasteiger partial charge in [0.15, 0.2) is 0 Å². The summed E-state index contributed by atoms with van der Waals surface area (Å²) in [6.45, 7) is 0.595. The van der Waals surface area contributed by atoms with Crippen LogP contribution in [0.5, 0.6) is 0 Å². The topological polar surface area (TPSA) is 75.7 Å². The van der Waals surface area contributed by atoms with Gasteiger partial charge in [-0.2, -0.15) is 0 Å². The van der Waals surface area contributed by atoms with Crippen molar-refractivity contribution in [2.75, 3.05) is 20.2 Å². The van der Waals surface area contributed by atoms with Crippen LogP contribution in [0.15, 0.2) is 24.3 Å². The fourth-order valence-electron chi connectivity index (χ4n) is 2.65. The number of esters is 1. The molecule has 1 atom stereocenters. The van der Waals surface area contributed by atoms with Gasteiger partial charge in [0.1, 0.15) is 5.82 Å². The van der Waals surface area contributed by atoms with Crippen LogP contribution in [0.2, 0.25) is 0 Å². The third-order valence-corrected chi connectivity index (χ3v) is 4.05. The number of likely N-dealkylation sites (tertiary alicyclic amines) is 1. The van der Waals surface area contributed by atoms with E-state index in [1.165, 1.54) is 18.1 Å². The normalized spacial score (nSPS) is 17.5. The molecule has 0 aliphatic carbocycles. The molecule has 130 valence electrons. The molecule has 1 fully saturated rings. The number of benzene rings is 1. The zero-order valence-electron chi connectivity index (χ0n) is 13.6. The van der Waals surface area contributed by atoms with Gasteiger partial charge in [0.05, 0.1) is 19.4 Å². The van der Waals surface area contributed by atoms with E-state index < -0.39 is 5.97 Å². The Kier molecular flexibility index (Phi) is 6.28. The molecule has 2 amide bonds. The molecule has 1 aromatic carbocycles. The zero-order chi connectivity index (χ0) is 17.5. The maximum absolute atomic E-state index is 13.7. The van der Waals surface area contributed by atoms with E-state index in [1.54, 1.807) is 18.2 Å². The minimum atomic E-state index is -0.393. The lowest BCUT2D eigenvalue weighted by atomic mass is 9.96. The summed E-state index contributed by atoms with van der Waals surface area (Å²) < 4.78 is 18.2. The molecule has 1 heterocycles. The van der Waals surface area contributed by atoms with Crippen LogP contribution >= 0.6 is 0 Å². The molecule has 1 aliphatic heterocycles. The second-order valence-electron chi connectivity index (χ2n) is 5.72. The van der Waals surface area contributed by atoms with E-state index in [1.807, 2.05) is 0 Å². The molecule has 24 heavy (non-hydrogen) atoms. The summed E-state index contributed by atoms with van der Waals surface area (Å²) in [4.78, 5) is 36.7. The Balaban J connectivity index is 1.90. The van der Waals surface area contributed by atoms with E-state index in [4.69, 9.17) is 0 Å². The Morgan fingerprint density at radius 1 is 1.38 bits per heavy atom. The first-order valence-corrected chi connectivity index (χ1v) is 7.87. The molecule has 0 bridgehead atoms. The fourth-order valence-corrected chi connectivity index (χ4v) is 2.65. The number of carbonyl (C=O) groups is 3. The van der Waals surface area contributed by atoms with Crippen LogP contribution in [-0.2, 0) is 25.7 Å². The maximum atomic E-state index is 13.7. The van der Waals surface area contributed by atoms with Crippen molar-refractivity contribution in [2.45, 2.75) is 25.8 Å². The summed E-state index contributed by atoms with van der Waals surface area (Å²) in [5, 5.41) is 2.68. The van der Waals surface area contributed by atoms with Gasteiger partial charge in [0.25, 0.3) is 0 Å². The Morgan fingerprint density at radius 2 is 2.12 bits per heavy atom. The van der Waals surface area contributed by atoms with Crippen LogP contribution < -0.4 is 5.32 Å². The SMILES string of the molecule is COC(=O)CCNC(=O)[C@H]1CCC(=O)N(Cc2ccccc2F)C1. The van der Waals surface area contributed by atoms with Gasteiger partial charge in [-0.3, -0.25) is 14.4 Å². The van der Waals surface area contributed by atoms with Gasteiger partial charge in [-0.25, -0.2) is 4.39 Å². The van der Waals surface area contributed by atoms with Gasteiger partial charge in [0, 0.05) is 31.6 Å². The van der Waals surface area contributed by atoms with Gasteiger partial charge < -0.3 is 15.0 Å². The van der Waals surface area contributed by atoms with Crippen molar-refractivity contribution >= 4 is 17.8 Å². The van der Waals surface area contributed by atoms with Gasteiger partial charge in [-0.1, -0.05) is 18.2 Å². The minimum absolute atomic E-state index is 0.0862. The van der Waals surface area contributed by atoms with Crippen molar-refractivity contribution in [3.63, 3.8) is 0 Å². The number of rotatable bonds is 6. The predicted molar refractivity (Wildman–Crippen MR) is 84.2 cm³/mol. The number of piperidine rings is 1. The lowest BCUT2D eigenvalue weighted by molar-refractivity contribution is -0.140. The number of nitrogens with one attached hydrogen (secondary N) is 1. The Hall–Kier alpha value is -2.44. The summed E-state index contributed by atoms with van der Waals surface area (Å²) in [6.07, 6.45) is 0.813. The van der Waals surface area contributed by atoms with E-state index in [-0.39, 0.29) is 56.0 Å². The van der Waals surface area contributed by atoms with Crippen LogP contribution in [0.4, 0.5) is 4.39 Å². The quantitative estimate of drug-likeness (QED) is 0.793. The molecule has 0 radical (unpaired) electrons. The average Bonchev–Trinajstić information content (AvgIpc) is 2.58. The molecule has 1 aromatic rings. The highest BCUT2D eigenvalue weighted by Gasteiger charge is 2.30. The standard InChI is InChI=1S/C17H21FN2O4/c1-24-16(22)8-9-19-17(23)13-6-7-15(21)20(11-13)10-12-4-2-3-5-14(12)18/h2-5,13H,6-11H2,1H3,(H,19,23)/t13-/m0/s1. The second kappa shape index (κ2) is 8.42. The third kappa shape index (κ3) is 4.78. The minimum Gasteiger partial charge on any atom is -0.469 e. The van der Waals surface area contributed by atoms with E-state index in [0.717, 1.165) is 0 Å². The van der Waals surface area contributed by atoms with Crippen LogP contribution in [0.1, 0.15) is 24.8 Å². The molecule has 1 N–H and O–H groups in total. The highest BCUT2D eigenvalue weighted by molar-refractivity contribution is 5.84. The number of hydrogen-bond acceptors (Lipinski definition) is 4. The highest BCUT2D eigenvalue weighted by Crippen LogP contribution is 2.21. The Labute approximate surface area is 140 Å². The summed E-state index contributed by atoms with van der Waals surface area (Å²) in [6, 6.07) is 6.28. The van der Waals surface area contributed by atoms with Crippen LogP contribution in [0.3, 0.4) is 0 Å². The molecule has 0 unspecified atom stereocenters. The van der Waals surface area contributed by atoms with Crippen molar-refractivity contribution in [3.05, 3.63) is 35.6 Å².